The van der Waals surface area contributed by atoms with Gasteiger partial charge in [-0.15, -0.1) is 11.8 Å². The number of ether oxygens (including phenoxy) is 1. The third kappa shape index (κ3) is 7.00. The SMILES string of the molecule is CN(C)C(=O)CSc1ccccc1C(=O)NCCCOC1CCCCC1. The minimum atomic E-state index is -0.0944. The summed E-state index contributed by atoms with van der Waals surface area (Å²) < 4.78 is 5.88. The fourth-order valence-corrected chi connectivity index (χ4v) is 3.93. The lowest BCUT2D eigenvalue weighted by atomic mass is 9.98. The van der Waals surface area contributed by atoms with Crippen molar-refractivity contribution in [2.24, 2.45) is 0 Å². The van der Waals surface area contributed by atoms with Crippen molar-refractivity contribution in [1.29, 1.82) is 0 Å². The summed E-state index contributed by atoms with van der Waals surface area (Å²) in [5, 5.41) is 2.96. The van der Waals surface area contributed by atoms with Crippen molar-refractivity contribution < 1.29 is 14.3 Å². The minimum absolute atomic E-state index is 0.0325. The highest BCUT2D eigenvalue weighted by Crippen LogP contribution is 2.23. The largest absolute Gasteiger partial charge is 0.378 e. The predicted molar refractivity (Wildman–Crippen MR) is 106 cm³/mol. The fourth-order valence-electron chi connectivity index (χ4n) is 2.90. The number of carbonyl (C=O) groups is 2. The first-order valence-electron chi connectivity index (χ1n) is 9.39. The van der Waals surface area contributed by atoms with E-state index in [1.54, 1.807) is 25.1 Å². The van der Waals surface area contributed by atoms with E-state index in [1.165, 1.54) is 43.9 Å². The van der Waals surface area contributed by atoms with Crippen LogP contribution in [-0.4, -0.2) is 55.8 Å². The zero-order chi connectivity index (χ0) is 18.8. The maximum absolute atomic E-state index is 12.4. The highest BCUT2D eigenvalue weighted by Gasteiger charge is 2.14. The average Bonchev–Trinajstić information content (AvgIpc) is 2.66. The summed E-state index contributed by atoms with van der Waals surface area (Å²) >= 11 is 1.40. The zero-order valence-electron chi connectivity index (χ0n) is 15.8. The number of hydrogen-bond donors (Lipinski definition) is 1. The van der Waals surface area contributed by atoms with E-state index < -0.39 is 0 Å². The first kappa shape index (κ1) is 20.8. The lowest BCUT2D eigenvalue weighted by Crippen LogP contribution is -2.27. The third-order valence-electron chi connectivity index (χ3n) is 4.49. The number of amides is 2. The summed E-state index contributed by atoms with van der Waals surface area (Å²) in [4.78, 5) is 26.6. The molecule has 1 aromatic carbocycles. The zero-order valence-corrected chi connectivity index (χ0v) is 16.6. The van der Waals surface area contributed by atoms with Crippen molar-refractivity contribution in [2.45, 2.75) is 49.5 Å². The molecule has 2 amide bonds. The molecule has 0 heterocycles. The number of nitrogens with zero attached hydrogens (tertiary/aromatic N) is 1. The molecule has 144 valence electrons. The van der Waals surface area contributed by atoms with Crippen LogP contribution in [0.5, 0.6) is 0 Å². The number of thioether (sulfide) groups is 1. The molecular formula is C20H30N2O3S. The molecule has 1 aromatic rings. The monoisotopic (exact) mass is 378 g/mol. The van der Waals surface area contributed by atoms with Crippen LogP contribution in [0.25, 0.3) is 0 Å². The molecule has 1 saturated carbocycles. The molecule has 0 aromatic heterocycles. The molecule has 0 bridgehead atoms. The molecule has 0 unspecified atom stereocenters. The lowest BCUT2D eigenvalue weighted by Gasteiger charge is -2.21. The molecular weight excluding hydrogens is 348 g/mol. The number of benzene rings is 1. The van der Waals surface area contributed by atoms with E-state index in [0.717, 1.165) is 11.3 Å². The van der Waals surface area contributed by atoms with Gasteiger partial charge in [-0.3, -0.25) is 9.59 Å². The first-order valence-corrected chi connectivity index (χ1v) is 10.4. The van der Waals surface area contributed by atoms with Gasteiger partial charge in [-0.2, -0.15) is 0 Å². The van der Waals surface area contributed by atoms with Crippen molar-refractivity contribution in [1.82, 2.24) is 10.2 Å². The highest BCUT2D eigenvalue weighted by atomic mass is 32.2. The Hall–Kier alpha value is -1.53. The van der Waals surface area contributed by atoms with Crippen molar-refractivity contribution in [3.63, 3.8) is 0 Å². The van der Waals surface area contributed by atoms with Crippen LogP contribution in [-0.2, 0) is 9.53 Å². The second kappa shape index (κ2) is 11.2. The van der Waals surface area contributed by atoms with E-state index >= 15 is 0 Å². The van der Waals surface area contributed by atoms with Crippen LogP contribution in [0.1, 0.15) is 48.9 Å². The summed E-state index contributed by atoms with van der Waals surface area (Å²) in [6.07, 6.45) is 7.43. The number of nitrogens with one attached hydrogen (secondary N) is 1. The lowest BCUT2D eigenvalue weighted by molar-refractivity contribution is -0.125. The number of hydrogen-bond acceptors (Lipinski definition) is 4. The van der Waals surface area contributed by atoms with Gasteiger partial charge in [0.2, 0.25) is 5.91 Å². The van der Waals surface area contributed by atoms with Gasteiger partial charge in [0.25, 0.3) is 5.91 Å². The van der Waals surface area contributed by atoms with E-state index in [1.807, 2.05) is 18.2 Å². The minimum Gasteiger partial charge on any atom is -0.378 e. The summed E-state index contributed by atoms with van der Waals surface area (Å²) in [6, 6.07) is 7.42. The molecule has 1 aliphatic rings. The molecule has 0 spiro atoms. The Kier molecular flexibility index (Phi) is 8.98. The third-order valence-corrected chi connectivity index (χ3v) is 5.55. The molecule has 2 rings (SSSR count). The van der Waals surface area contributed by atoms with Crippen LogP contribution in [0.4, 0.5) is 0 Å². The Morgan fingerprint density at radius 1 is 1.19 bits per heavy atom. The van der Waals surface area contributed by atoms with Crippen molar-refractivity contribution in [3.8, 4) is 0 Å². The van der Waals surface area contributed by atoms with Gasteiger partial charge in [-0.05, 0) is 31.4 Å². The van der Waals surface area contributed by atoms with Gasteiger partial charge >= 0.3 is 0 Å². The van der Waals surface area contributed by atoms with Gasteiger partial charge in [-0.1, -0.05) is 31.4 Å². The second-order valence-electron chi connectivity index (χ2n) is 6.81. The maximum atomic E-state index is 12.4. The molecule has 0 saturated heterocycles. The van der Waals surface area contributed by atoms with Gasteiger partial charge in [0.05, 0.1) is 17.4 Å². The molecule has 1 aliphatic carbocycles. The Bertz CT molecular complexity index is 586. The van der Waals surface area contributed by atoms with Crippen molar-refractivity contribution in [2.75, 3.05) is 33.0 Å². The summed E-state index contributed by atoms with van der Waals surface area (Å²) in [5.74, 6) is 0.264. The van der Waals surface area contributed by atoms with Gasteiger partial charge in [0.1, 0.15) is 0 Å². The van der Waals surface area contributed by atoms with Crippen LogP contribution in [0.15, 0.2) is 29.2 Å². The molecule has 0 aliphatic heterocycles. The second-order valence-corrected chi connectivity index (χ2v) is 7.83. The molecule has 0 radical (unpaired) electrons. The average molecular weight is 379 g/mol. The molecule has 1 fully saturated rings. The van der Waals surface area contributed by atoms with Crippen LogP contribution >= 0.6 is 11.8 Å². The molecule has 0 atom stereocenters. The quantitative estimate of drug-likeness (QED) is 0.529. The van der Waals surface area contributed by atoms with E-state index in [4.69, 9.17) is 4.74 Å². The Morgan fingerprint density at radius 2 is 1.92 bits per heavy atom. The smallest absolute Gasteiger partial charge is 0.252 e. The van der Waals surface area contributed by atoms with E-state index in [-0.39, 0.29) is 11.8 Å². The first-order chi connectivity index (χ1) is 12.6. The van der Waals surface area contributed by atoms with Gasteiger partial charge in [0, 0.05) is 32.1 Å². The predicted octanol–water partition coefficient (Wildman–Crippen LogP) is 3.34. The maximum Gasteiger partial charge on any atom is 0.252 e. The van der Waals surface area contributed by atoms with E-state index in [0.29, 0.717) is 30.6 Å². The van der Waals surface area contributed by atoms with Crippen LogP contribution < -0.4 is 5.32 Å². The van der Waals surface area contributed by atoms with Crippen molar-refractivity contribution >= 4 is 23.6 Å². The molecule has 1 N–H and O–H groups in total. The standard InChI is InChI=1S/C20H30N2O3S/c1-22(2)19(23)15-26-18-12-7-6-11-17(18)20(24)21-13-8-14-25-16-9-4-3-5-10-16/h6-7,11-12,16H,3-5,8-10,13-15H2,1-2H3,(H,21,24). The van der Waals surface area contributed by atoms with Crippen LogP contribution in [0, 0.1) is 0 Å². The fraction of sp³-hybridized carbons (Fsp3) is 0.600. The number of carbonyl (C=O) groups excluding carboxylic acids is 2. The summed E-state index contributed by atoms with van der Waals surface area (Å²) in [5.41, 5.74) is 0.622. The Balaban J connectivity index is 1.73. The normalized spacial score (nSPS) is 14.8. The Labute approximate surface area is 160 Å². The topological polar surface area (TPSA) is 58.6 Å². The molecule has 6 heteroatoms. The van der Waals surface area contributed by atoms with Gasteiger partial charge in [0.15, 0.2) is 0 Å². The molecule has 26 heavy (non-hydrogen) atoms. The van der Waals surface area contributed by atoms with Crippen LogP contribution in [0.2, 0.25) is 0 Å². The summed E-state index contributed by atoms with van der Waals surface area (Å²) in [6.45, 7) is 1.29. The molecule has 5 nitrogen and oxygen atoms in total. The van der Waals surface area contributed by atoms with Crippen molar-refractivity contribution in [3.05, 3.63) is 29.8 Å². The van der Waals surface area contributed by atoms with E-state index in [2.05, 4.69) is 5.32 Å². The van der Waals surface area contributed by atoms with E-state index in [9.17, 15) is 9.59 Å². The highest BCUT2D eigenvalue weighted by molar-refractivity contribution is 8.00. The van der Waals surface area contributed by atoms with Crippen LogP contribution in [0.3, 0.4) is 0 Å². The number of rotatable bonds is 9. The Morgan fingerprint density at radius 3 is 2.65 bits per heavy atom. The van der Waals surface area contributed by atoms with Gasteiger partial charge < -0.3 is 15.0 Å². The summed E-state index contributed by atoms with van der Waals surface area (Å²) in [7, 11) is 3.47. The van der Waals surface area contributed by atoms with Gasteiger partial charge in [-0.25, -0.2) is 0 Å².